The molecule has 0 saturated carbocycles. The molecule has 3 aliphatic rings. The molecule has 0 N–H and O–H groups in total. The van der Waals surface area contributed by atoms with Crippen LogP contribution in [0.3, 0.4) is 0 Å². The van der Waals surface area contributed by atoms with E-state index in [4.69, 9.17) is 23.9 Å². The van der Waals surface area contributed by atoms with Crippen LogP contribution in [0.15, 0.2) is 18.7 Å². The fourth-order valence-corrected chi connectivity index (χ4v) is 6.33. The Hall–Kier alpha value is -2.94. The Kier molecular flexibility index (Phi) is 8.70. The largest absolute Gasteiger partial charge is 0.463 e. The average Bonchev–Trinajstić information content (AvgIpc) is 3.70. The number of hydrogen-bond acceptors (Lipinski definition) is 12. The minimum Gasteiger partial charge on any atom is -0.463 e. The lowest BCUT2D eigenvalue weighted by molar-refractivity contribution is -0.201. The zero-order valence-corrected chi connectivity index (χ0v) is 26.2. The Bertz CT molecular complexity index is 1350. The zero-order chi connectivity index (χ0) is 30.3. The average molecular weight is 604 g/mol. The van der Waals surface area contributed by atoms with Crippen molar-refractivity contribution in [3.05, 3.63) is 24.6 Å². The first-order valence-electron chi connectivity index (χ1n) is 14.3. The number of thioether (sulfide) groups is 1. The van der Waals surface area contributed by atoms with Gasteiger partial charge in [0, 0.05) is 33.4 Å². The van der Waals surface area contributed by atoms with Crippen molar-refractivity contribution in [3.63, 3.8) is 0 Å². The molecule has 5 heterocycles. The summed E-state index contributed by atoms with van der Waals surface area (Å²) in [5.74, 6) is 1.98. The Morgan fingerprint density at radius 2 is 1.95 bits per heavy atom. The van der Waals surface area contributed by atoms with E-state index >= 15 is 0 Å². The maximum Gasteiger partial charge on any atom is 0.328 e. The lowest BCUT2D eigenvalue weighted by Crippen LogP contribution is -2.49. The molecule has 42 heavy (non-hydrogen) atoms. The van der Waals surface area contributed by atoms with Crippen LogP contribution in [0.2, 0.25) is 0 Å². The summed E-state index contributed by atoms with van der Waals surface area (Å²) < 4.78 is 26.4. The Morgan fingerprint density at radius 3 is 2.67 bits per heavy atom. The molecule has 2 aromatic heterocycles. The van der Waals surface area contributed by atoms with E-state index < -0.39 is 36.4 Å². The molecule has 230 valence electrons. The molecule has 5 atom stereocenters. The van der Waals surface area contributed by atoms with Crippen LogP contribution in [0, 0.1) is 6.92 Å². The number of rotatable bonds is 10. The molecule has 5 rings (SSSR count). The number of hydrogen-bond donors (Lipinski definition) is 0. The Balaban J connectivity index is 1.44. The van der Waals surface area contributed by atoms with Crippen molar-refractivity contribution in [2.24, 2.45) is 0 Å². The monoisotopic (exact) mass is 603 g/mol. The number of nitrogens with zero attached hydrogens (tertiary/aromatic N) is 7. The number of fused-ring (bicyclic) bond motifs is 2. The number of anilines is 1. The third-order valence-corrected chi connectivity index (χ3v) is 8.73. The normalized spacial score (nSPS) is 26.5. The van der Waals surface area contributed by atoms with Gasteiger partial charge in [0.05, 0.1) is 0 Å². The summed E-state index contributed by atoms with van der Waals surface area (Å²) in [6.45, 7) is 12.4. The van der Waals surface area contributed by atoms with Crippen LogP contribution in [0.25, 0.3) is 11.2 Å². The van der Waals surface area contributed by atoms with E-state index in [1.165, 1.54) is 6.33 Å². The summed E-state index contributed by atoms with van der Waals surface area (Å²) in [6, 6.07) is -0.646. The molecule has 0 radical (unpaired) electrons. The minimum atomic E-state index is -0.986. The number of imidazole rings is 1. The number of likely N-dealkylation sites (tertiary alicyclic amines) is 1. The van der Waals surface area contributed by atoms with Crippen molar-refractivity contribution in [2.45, 2.75) is 76.9 Å². The SMILES string of the molecule is C=C(N(C)C)N(C)c1ncnc2c1nc(C)n2C1OC(C(=O)N2CCCC2C(=O)OCCSCC)C2OC(C)(C)OC21. The van der Waals surface area contributed by atoms with Crippen LogP contribution < -0.4 is 4.90 Å². The lowest BCUT2D eigenvalue weighted by atomic mass is 10.1. The predicted molar refractivity (Wildman–Crippen MR) is 158 cm³/mol. The standard InChI is InChI=1S/C28H41N7O6S/c1-9-42-14-13-38-27(37)18-11-10-12-34(18)25(36)21-20-22(41-28(4,5)40-20)26(39-21)35-16(2)31-19-23(29-15-30-24(19)35)33(8)17(3)32(6)7/h15,18,20-22,26H,3,9-14H2,1-2,4-8H3. The van der Waals surface area contributed by atoms with E-state index in [0.29, 0.717) is 48.8 Å². The summed E-state index contributed by atoms with van der Waals surface area (Å²) in [5, 5.41) is 0. The van der Waals surface area contributed by atoms with Crippen LogP contribution in [0.5, 0.6) is 0 Å². The highest BCUT2D eigenvalue weighted by Crippen LogP contribution is 2.45. The van der Waals surface area contributed by atoms with Gasteiger partial charge in [-0.1, -0.05) is 13.5 Å². The summed E-state index contributed by atoms with van der Waals surface area (Å²) in [6.07, 6.45) is -0.310. The smallest absolute Gasteiger partial charge is 0.328 e. The molecule has 0 bridgehead atoms. The second-order valence-corrected chi connectivity index (χ2v) is 12.7. The topological polar surface area (TPSA) is 124 Å². The van der Waals surface area contributed by atoms with Gasteiger partial charge in [0.15, 0.2) is 35.1 Å². The molecule has 0 aliphatic carbocycles. The molecule has 1 amide bonds. The molecular weight excluding hydrogens is 562 g/mol. The predicted octanol–water partition coefficient (Wildman–Crippen LogP) is 2.31. The Labute approximate surface area is 250 Å². The van der Waals surface area contributed by atoms with Crippen LogP contribution in [-0.4, -0.2) is 117 Å². The van der Waals surface area contributed by atoms with E-state index in [0.717, 1.165) is 17.3 Å². The van der Waals surface area contributed by atoms with Crippen molar-refractivity contribution in [2.75, 3.05) is 50.7 Å². The molecule has 3 aliphatic heterocycles. The minimum absolute atomic E-state index is 0.310. The maximum absolute atomic E-state index is 14.0. The molecular formula is C28H41N7O6S. The van der Waals surface area contributed by atoms with E-state index in [-0.39, 0.29) is 11.9 Å². The zero-order valence-electron chi connectivity index (χ0n) is 25.4. The van der Waals surface area contributed by atoms with Gasteiger partial charge in [-0.15, -0.1) is 0 Å². The molecule has 13 nitrogen and oxygen atoms in total. The van der Waals surface area contributed by atoms with Crippen molar-refractivity contribution in [3.8, 4) is 0 Å². The van der Waals surface area contributed by atoms with E-state index in [9.17, 15) is 9.59 Å². The molecule has 3 saturated heterocycles. The highest BCUT2D eigenvalue weighted by Gasteiger charge is 2.60. The van der Waals surface area contributed by atoms with Crippen LogP contribution >= 0.6 is 11.8 Å². The molecule has 2 aromatic rings. The van der Waals surface area contributed by atoms with E-state index in [1.807, 2.05) is 56.3 Å². The third-order valence-electron chi connectivity index (χ3n) is 7.87. The van der Waals surface area contributed by atoms with Gasteiger partial charge < -0.3 is 33.6 Å². The quantitative estimate of drug-likeness (QED) is 0.292. The van der Waals surface area contributed by atoms with Crippen LogP contribution in [0.4, 0.5) is 5.82 Å². The maximum atomic E-state index is 14.0. The van der Waals surface area contributed by atoms with Gasteiger partial charge in [0.25, 0.3) is 5.91 Å². The van der Waals surface area contributed by atoms with Gasteiger partial charge in [-0.25, -0.2) is 19.7 Å². The van der Waals surface area contributed by atoms with Gasteiger partial charge in [0.1, 0.15) is 42.8 Å². The number of amides is 1. The molecule has 5 unspecified atom stereocenters. The number of aromatic nitrogens is 4. The van der Waals surface area contributed by atoms with Crippen molar-refractivity contribution in [1.82, 2.24) is 29.3 Å². The molecule has 0 aromatic carbocycles. The molecule has 0 spiro atoms. The molecule has 3 fully saturated rings. The van der Waals surface area contributed by atoms with Gasteiger partial charge in [-0.05, 0) is 39.4 Å². The summed E-state index contributed by atoms with van der Waals surface area (Å²) in [5.41, 5.74) is 1.10. The van der Waals surface area contributed by atoms with Gasteiger partial charge in [-0.2, -0.15) is 11.8 Å². The third kappa shape index (κ3) is 5.56. The van der Waals surface area contributed by atoms with Crippen molar-refractivity contribution in [1.29, 1.82) is 0 Å². The summed E-state index contributed by atoms with van der Waals surface area (Å²) in [7, 11) is 5.67. The Morgan fingerprint density at radius 1 is 1.21 bits per heavy atom. The summed E-state index contributed by atoms with van der Waals surface area (Å²) >= 11 is 1.70. The fourth-order valence-electron chi connectivity index (χ4n) is 5.84. The number of carbonyl (C=O) groups excluding carboxylic acids is 2. The first-order chi connectivity index (χ1) is 19.9. The van der Waals surface area contributed by atoms with E-state index in [1.54, 1.807) is 16.7 Å². The first-order valence-corrected chi connectivity index (χ1v) is 15.5. The fraction of sp³-hybridized carbons (Fsp3) is 0.679. The number of esters is 1. The highest BCUT2D eigenvalue weighted by atomic mass is 32.2. The summed E-state index contributed by atoms with van der Waals surface area (Å²) in [4.78, 5) is 46.1. The van der Waals surface area contributed by atoms with Gasteiger partial charge in [-0.3, -0.25) is 9.36 Å². The first kappa shape index (κ1) is 30.5. The van der Waals surface area contributed by atoms with Gasteiger partial charge in [0.2, 0.25) is 0 Å². The highest BCUT2D eigenvalue weighted by molar-refractivity contribution is 7.99. The van der Waals surface area contributed by atoms with Gasteiger partial charge >= 0.3 is 5.97 Å². The van der Waals surface area contributed by atoms with Crippen LogP contribution in [0.1, 0.15) is 45.7 Å². The van der Waals surface area contributed by atoms with Crippen molar-refractivity contribution < 1.29 is 28.5 Å². The number of carbonyl (C=O) groups is 2. The second kappa shape index (κ2) is 12.0. The second-order valence-electron chi connectivity index (χ2n) is 11.3. The number of ether oxygens (including phenoxy) is 4. The van der Waals surface area contributed by atoms with Crippen LogP contribution in [-0.2, 0) is 28.5 Å². The lowest BCUT2D eigenvalue weighted by Gasteiger charge is -2.29. The number of aryl methyl sites for hydroxylation is 1. The molecule has 14 heteroatoms. The van der Waals surface area contributed by atoms with Crippen molar-refractivity contribution >= 4 is 40.6 Å². The van der Waals surface area contributed by atoms with E-state index in [2.05, 4.69) is 23.5 Å².